The number of halogens is 3. The highest BCUT2D eigenvalue weighted by molar-refractivity contribution is 7.91. The molecule has 164 valence electrons. The lowest BCUT2D eigenvalue weighted by Crippen LogP contribution is -2.29. The van der Waals surface area contributed by atoms with Gasteiger partial charge in [0.15, 0.2) is 22.3 Å². The number of urea groups is 1. The molecule has 0 spiro atoms. The first-order valence-corrected chi connectivity index (χ1v) is 10.9. The van der Waals surface area contributed by atoms with Gasteiger partial charge in [-0.05, 0) is 24.3 Å². The molecular formula is C17H24F3N3O5S. The fourth-order valence-corrected chi connectivity index (χ4v) is 4.71. The van der Waals surface area contributed by atoms with E-state index in [9.17, 15) is 31.2 Å². The number of unbranched alkanes of at least 4 members (excludes halogenated alkanes) is 2. The number of nitrogens with zero attached hydrogens (tertiary/aromatic N) is 1. The lowest BCUT2D eigenvalue weighted by Gasteiger charge is -2.13. The molecule has 1 aromatic heterocycles. The minimum atomic E-state index is -4.45. The normalized spacial score (nSPS) is 16.2. The summed E-state index contributed by atoms with van der Waals surface area (Å²) in [5, 5.41) is 2.17. The van der Waals surface area contributed by atoms with Gasteiger partial charge in [0.25, 0.3) is 0 Å². The standard InChI is InChI=1S/C17H24F3N3O5S/c1-12(13-7-15(21-8-13)28-11-17(18,19)20)10-29(26,27)6-4-2-3-5-23-9-14(24)22-16(23)25/h7-8,12,21H,2-6,9-11H2,1H3,(H,22,24,25). The summed E-state index contributed by atoms with van der Waals surface area (Å²) in [6.45, 7) is 0.669. The van der Waals surface area contributed by atoms with Crippen molar-refractivity contribution >= 4 is 21.8 Å². The maximum absolute atomic E-state index is 12.3. The molecule has 8 nitrogen and oxygen atoms in total. The number of hydrogen-bond donors (Lipinski definition) is 2. The summed E-state index contributed by atoms with van der Waals surface area (Å²) in [4.78, 5) is 26.4. The van der Waals surface area contributed by atoms with Gasteiger partial charge in [-0.3, -0.25) is 10.1 Å². The van der Waals surface area contributed by atoms with E-state index in [2.05, 4.69) is 15.0 Å². The number of rotatable bonds is 11. The third kappa shape index (κ3) is 7.95. The van der Waals surface area contributed by atoms with Crippen LogP contribution in [-0.2, 0) is 14.6 Å². The first-order chi connectivity index (χ1) is 13.5. The van der Waals surface area contributed by atoms with E-state index in [-0.39, 0.29) is 29.8 Å². The van der Waals surface area contributed by atoms with Crippen LogP contribution < -0.4 is 10.1 Å². The third-order valence-electron chi connectivity index (χ3n) is 4.39. The molecule has 1 atom stereocenters. The van der Waals surface area contributed by atoms with Gasteiger partial charge in [-0.2, -0.15) is 13.2 Å². The van der Waals surface area contributed by atoms with Crippen molar-refractivity contribution in [2.75, 3.05) is 31.2 Å². The summed E-state index contributed by atoms with van der Waals surface area (Å²) < 4.78 is 65.7. The second-order valence-corrected chi connectivity index (χ2v) is 9.28. The predicted octanol–water partition coefficient (Wildman–Crippen LogP) is 2.20. The number of aromatic amines is 1. The Morgan fingerprint density at radius 1 is 1.24 bits per heavy atom. The molecule has 1 aromatic rings. The van der Waals surface area contributed by atoms with Crippen molar-refractivity contribution in [3.63, 3.8) is 0 Å². The van der Waals surface area contributed by atoms with Crippen LogP contribution in [0.5, 0.6) is 5.88 Å². The van der Waals surface area contributed by atoms with E-state index in [1.165, 1.54) is 17.2 Å². The molecule has 0 aliphatic carbocycles. The molecule has 0 saturated carbocycles. The topological polar surface area (TPSA) is 109 Å². The summed E-state index contributed by atoms with van der Waals surface area (Å²) in [7, 11) is -3.36. The van der Waals surface area contributed by atoms with Gasteiger partial charge in [0, 0.05) is 18.8 Å². The Hall–Kier alpha value is -2.24. The Morgan fingerprint density at radius 3 is 2.59 bits per heavy atom. The van der Waals surface area contributed by atoms with E-state index < -0.39 is 34.6 Å². The molecule has 0 aromatic carbocycles. The zero-order chi connectivity index (χ0) is 21.7. The smallest absolute Gasteiger partial charge is 0.422 e. The summed E-state index contributed by atoms with van der Waals surface area (Å²) in [6.07, 6.45) is -1.41. The summed E-state index contributed by atoms with van der Waals surface area (Å²) in [6, 6.07) is 0.940. The van der Waals surface area contributed by atoms with Gasteiger partial charge in [-0.25, -0.2) is 13.2 Å². The zero-order valence-electron chi connectivity index (χ0n) is 15.9. The number of sulfone groups is 1. The highest BCUT2D eigenvalue weighted by atomic mass is 32.2. The lowest BCUT2D eigenvalue weighted by molar-refractivity contribution is -0.154. The van der Waals surface area contributed by atoms with Crippen molar-refractivity contribution in [1.82, 2.24) is 15.2 Å². The Balaban J connectivity index is 1.71. The number of carbonyl (C=O) groups excluding carboxylic acids is 2. The van der Waals surface area contributed by atoms with E-state index in [1.54, 1.807) is 6.92 Å². The van der Waals surface area contributed by atoms with Crippen LogP contribution in [0.15, 0.2) is 12.3 Å². The zero-order valence-corrected chi connectivity index (χ0v) is 16.7. The maximum atomic E-state index is 12.3. The molecule has 2 N–H and O–H groups in total. The molecule has 2 rings (SSSR count). The van der Waals surface area contributed by atoms with Crippen LogP contribution in [0.1, 0.15) is 37.7 Å². The van der Waals surface area contributed by atoms with Crippen LogP contribution in [0.2, 0.25) is 0 Å². The van der Waals surface area contributed by atoms with Crippen LogP contribution >= 0.6 is 0 Å². The van der Waals surface area contributed by atoms with E-state index in [1.807, 2.05) is 0 Å². The SMILES string of the molecule is CC(CS(=O)(=O)CCCCCN1CC(=O)NC1=O)c1c[nH]c(OCC(F)(F)F)c1. The largest absolute Gasteiger partial charge is 0.469 e. The monoisotopic (exact) mass is 439 g/mol. The van der Waals surface area contributed by atoms with Gasteiger partial charge < -0.3 is 14.6 Å². The first kappa shape index (κ1) is 23.0. The second-order valence-electron chi connectivity index (χ2n) is 7.05. The molecule has 0 bridgehead atoms. The average molecular weight is 439 g/mol. The Morgan fingerprint density at radius 2 is 1.97 bits per heavy atom. The van der Waals surface area contributed by atoms with Gasteiger partial charge in [-0.15, -0.1) is 0 Å². The summed E-state index contributed by atoms with van der Waals surface area (Å²) in [5.74, 6) is -0.968. The van der Waals surface area contributed by atoms with E-state index in [0.717, 1.165) is 0 Å². The number of ether oxygens (including phenoxy) is 1. The summed E-state index contributed by atoms with van der Waals surface area (Å²) >= 11 is 0. The highest BCUT2D eigenvalue weighted by Gasteiger charge is 2.29. The van der Waals surface area contributed by atoms with E-state index >= 15 is 0 Å². The number of aromatic nitrogens is 1. The van der Waals surface area contributed by atoms with Crippen molar-refractivity contribution < 1.29 is 35.9 Å². The minimum absolute atomic E-state index is 0.0235. The number of alkyl halides is 3. The maximum Gasteiger partial charge on any atom is 0.422 e. The molecule has 2 heterocycles. The first-order valence-electron chi connectivity index (χ1n) is 9.12. The van der Waals surface area contributed by atoms with E-state index in [4.69, 9.17) is 0 Å². The molecule has 1 aliphatic heterocycles. The van der Waals surface area contributed by atoms with Gasteiger partial charge in [0.2, 0.25) is 5.91 Å². The number of imide groups is 1. The summed E-state index contributed by atoms with van der Waals surface area (Å²) in [5.41, 5.74) is 0.551. The molecule has 1 unspecified atom stereocenters. The highest BCUT2D eigenvalue weighted by Crippen LogP contribution is 2.24. The van der Waals surface area contributed by atoms with Crippen LogP contribution in [-0.4, -0.2) is 67.6 Å². The molecule has 12 heteroatoms. The molecule has 29 heavy (non-hydrogen) atoms. The Kier molecular flexibility index (Phi) is 7.55. The van der Waals surface area contributed by atoms with Gasteiger partial charge in [0.05, 0.1) is 11.5 Å². The van der Waals surface area contributed by atoms with Gasteiger partial charge in [0.1, 0.15) is 6.54 Å². The number of hydrogen-bond acceptors (Lipinski definition) is 5. The van der Waals surface area contributed by atoms with Crippen molar-refractivity contribution in [2.24, 2.45) is 0 Å². The van der Waals surface area contributed by atoms with Crippen LogP contribution in [0.3, 0.4) is 0 Å². The van der Waals surface area contributed by atoms with Crippen molar-refractivity contribution in [3.8, 4) is 5.88 Å². The minimum Gasteiger partial charge on any atom is -0.469 e. The fourth-order valence-electron chi connectivity index (χ4n) is 2.94. The molecule has 1 aliphatic rings. The number of nitrogens with one attached hydrogen (secondary N) is 2. The molecular weight excluding hydrogens is 415 g/mol. The lowest BCUT2D eigenvalue weighted by atomic mass is 10.1. The molecule has 3 amide bonds. The van der Waals surface area contributed by atoms with Crippen molar-refractivity contribution in [1.29, 1.82) is 0 Å². The predicted molar refractivity (Wildman–Crippen MR) is 98.4 cm³/mol. The van der Waals surface area contributed by atoms with Gasteiger partial charge in [-0.1, -0.05) is 13.3 Å². The Bertz CT molecular complexity index is 823. The number of carbonyl (C=O) groups is 2. The Labute approximate surface area is 166 Å². The van der Waals surface area contributed by atoms with E-state index in [0.29, 0.717) is 31.4 Å². The van der Waals surface area contributed by atoms with Crippen LogP contribution in [0.25, 0.3) is 0 Å². The third-order valence-corrected chi connectivity index (χ3v) is 6.31. The van der Waals surface area contributed by atoms with Crippen molar-refractivity contribution in [3.05, 3.63) is 17.8 Å². The number of amides is 3. The van der Waals surface area contributed by atoms with Crippen LogP contribution in [0.4, 0.5) is 18.0 Å². The molecule has 1 fully saturated rings. The van der Waals surface area contributed by atoms with Crippen LogP contribution in [0, 0.1) is 0 Å². The fraction of sp³-hybridized carbons (Fsp3) is 0.647. The van der Waals surface area contributed by atoms with Gasteiger partial charge >= 0.3 is 12.2 Å². The number of H-pyrrole nitrogens is 1. The average Bonchev–Trinajstić information content (AvgIpc) is 3.18. The molecule has 1 saturated heterocycles. The quantitative estimate of drug-likeness (QED) is 0.406. The van der Waals surface area contributed by atoms with Crippen molar-refractivity contribution in [2.45, 2.75) is 38.3 Å². The molecule has 0 radical (unpaired) electrons. The second kappa shape index (κ2) is 9.51.